The second kappa shape index (κ2) is 7.19. The molecule has 2 heterocycles. The van der Waals surface area contributed by atoms with Gasteiger partial charge in [0.2, 0.25) is 0 Å². The molecule has 0 unspecified atom stereocenters. The Morgan fingerprint density at radius 3 is 2.78 bits per heavy atom. The van der Waals surface area contributed by atoms with Crippen molar-refractivity contribution in [1.82, 2.24) is 19.7 Å². The van der Waals surface area contributed by atoms with Gasteiger partial charge in [-0.3, -0.25) is 0 Å². The molecule has 0 spiro atoms. The molecule has 0 aliphatic carbocycles. The number of aromatic nitrogens is 4. The molecule has 0 radical (unpaired) electrons. The highest BCUT2D eigenvalue weighted by molar-refractivity contribution is 5.87. The molecule has 1 N–H and O–H groups in total. The monoisotopic (exact) mass is 311 g/mol. The van der Waals surface area contributed by atoms with Crippen LogP contribution in [0.3, 0.4) is 0 Å². The SMILES string of the molecule is CC(C)COCCNc1ncnc2c1cnn2-c1ccccc1. The summed E-state index contributed by atoms with van der Waals surface area (Å²) < 4.78 is 7.39. The Balaban J connectivity index is 1.74. The van der Waals surface area contributed by atoms with Crippen LogP contribution in [0.1, 0.15) is 13.8 Å². The number of para-hydroxylation sites is 1. The summed E-state index contributed by atoms with van der Waals surface area (Å²) in [7, 11) is 0. The third kappa shape index (κ3) is 3.65. The maximum Gasteiger partial charge on any atom is 0.168 e. The van der Waals surface area contributed by atoms with Crippen molar-refractivity contribution in [2.75, 3.05) is 25.1 Å². The van der Waals surface area contributed by atoms with Crippen LogP contribution in [0.4, 0.5) is 5.82 Å². The summed E-state index contributed by atoms with van der Waals surface area (Å²) in [4.78, 5) is 8.68. The molecule has 0 bridgehead atoms. The van der Waals surface area contributed by atoms with Crippen molar-refractivity contribution >= 4 is 16.9 Å². The molecule has 2 aromatic heterocycles. The molecule has 120 valence electrons. The molecule has 6 heteroatoms. The number of anilines is 1. The average Bonchev–Trinajstić information content (AvgIpc) is 3.00. The van der Waals surface area contributed by atoms with Crippen LogP contribution in [0.15, 0.2) is 42.9 Å². The minimum Gasteiger partial charge on any atom is -0.379 e. The molecule has 0 saturated carbocycles. The third-order valence-corrected chi connectivity index (χ3v) is 3.36. The zero-order valence-electron chi connectivity index (χ0n) is 13.4. The topological polar surface area (TPSA) is 64.9 Å². The van der Waals surface area contributed by atoms with E-state index in [0.29, 0.717) is 19.1 Å². The lowest BCUT2D eigenvalue weighted by Crippen LogP contribution is -2.13. The van der Waals surface area contributed by atoms with Crippen molar-refractivity contribution in [2.45, 2.75) is 13.8 Å². The van der Waals surface area contributed by atoms with E-state index < -0.39 is 0 Å². The molecule has 0 aliphatic rings. The number of fused-ring (bicyclic) bond motifs is 1. The molecular formula is C17H21N5O. The Morgan fingerprint density at radius 2 is 2.00 bits per heavy atom. The minimum absolute atomic E-state index is 0.546. The number of nitrogens with one attached hydrogen (secondary N) is 1. The van der Waals surface area contributed by atoms with Crippen LogP contribution < -0.4 is 5.32 Å². The van der Waals surface area contributed by atoms with Crippen LogP contribution in [0.25, 0.3) is 16.7 Å². The summed E-state index contributed by atoms with van der Waals surface area (Å²) in [5.74, 6) is 1.33. The maximum absolute atomic E-state index is 5.58. The summed E-state index contributed by atoms with van der Waals surface area (Å²) in [6.07, 6.45) is 3.35. The number of rotatable bonds is 7. The van der Waals surface area contributed by atoms with E-state index in [1.54, 1.807) is 12.5 Å². The van der Waals surface area contributed by atoms with Gasteiger partial charge >= 0.3 is 0 Å². The van der Waals surface area contributed by atoms with Crippen molar-refractivity contribution in [3.05, 3.63) is 42.9 Å². The van der Waals surface area contributed by atoms with Gasteiger partial charge in [-0.25, -0.2) is 14.6 Å². The van der Waals surface area contributed by atoms with Crippen LogP contribution in [0, 0.1) is 5.92 Å². The molecule has 6 nitrogen and oxygen atoms in total. The average molecular weight is 311 g/mol. The van der Waals surface area contributed by atoms with Gasteiger partial charge in [-0.05, 0) is 18.1 Å². The molecule has 0 atom stereocenters. The van der Waals surface area contributed by atoms with Crippen molar-refractivity contribution in [1.29, 1.82) is 0 Å². The Bertz CT molecular complexity index is 754. The van der Waals surface area contributed by atoms with E-state index in [1.165, 1.54) is 0 Å². The van der Waals surface area contributed by atoms with E-state index in [4.69, 9.17) is 4.74 Å². The highest BCUT2D eigenvalue weighted by atomic mass is 16.5. The van der Waals surface area contributed by atoms with Crippen molar-refractivity contribution in [2.24, 2.45) is 5.92 Å². The predicted octanol–water partition coefficient (Wildman–Crippen LogP) is 2.90. The molecule has 0 saturated heterocycles. The number of nitrogens with zero attached hydrogens (tertiary/aromatic N) is 4. The van der Waals surface area contributed by atoms with E-state index in [2.05, 4.69) is 34.2 Å². The zero-order chi connectivity index (χ0) is 16.1. The van der Waals surface area contributed by atoms with Crippen LogP contribution in [-0.2, 0) is 4.74 Å². The van der Waals surface area contributed by atoms with Gasteiger partial charge < -0.3 is 10.1 Å². The smallest absolute Gasteiger partial charge is 0.168 e. The quantitative estimate of drug-likeness (QED) is 0.680. The van der Waals surface area contributed by atoms with E-state index in [-0.39, 0.29) is 0 Å². The van der Waals surface area contributed by atoms with E-state index in [1.807, 2.05) is 35.0 Å². The van der Waals surface area contributed by atoms with Gasteiger partial charge in [0.15, 0.2) is 5.65 Å². The zero-order valence-corrected chi connectivity index (χ0v) is 13.4. The lowest BCUT2D eigenvalue weighted by Gasteiger charge is -2.09. The fourth-order valence-corrected chi connectivity index (χ4v) is 2.30. The second-order valence-electron chi connectivity index (χ2n) is 5.75. The Labute approximate surface area is 135 Å². The summed E-state index contributed by atoms with van der Waals surface area (Å²) in [5, 5.41) is 8.64. The Morgan fingerprint density at radius 1 is 1.17 bits per heavy atom. The molecule has 23 heavy (non-hydrogen) atoms. The van der Waals surface area contributed by atoms with Gasteiger partial charge in [-0.2, -0.15) is 5.10 Å². The third-order valence-electron chi connectivity index (χ3n) is 3.36. The standard InChI is InChI=1S/C17H21N5O/c1-13(2)11-23-9-8-18-16-15-10-21-22(17(15)20-12-19-16)14-6-4-3-5-7-14/h3-7,10,12-13H,8-9,11H2,1-2H3,(H,18,19,20). The van der Waals surface area contributed by atoms with Crippen LogP contribution in [-0.4, -0.2) is 39.5 Å². The molecule has 3 rings (SSSR count). The van der Waals surface area contributed by atoms with E-state index in [0.717, 1.165) is 29.1 Å². The maximum atomic E-state index is 5.58. The number of hydrogen-bond donors (Lipinski definition) is 1. The summed E-state index contributed by atoms with van der Waals surface area (Å²) in [6.45, 7) is 6.40. The van der Waals surface area contributed by atoms with Gasteiger partial charge in [0.05, 0.1) is 23.9 Å². The first-order valence-corrected chi connectivity index (χ1v) is 7.81. The van der Waals surface area contributed by atoms with E-state index >= 15 is 0 Å². The van der Waals surface area contributed by atoms with Gasteiger partial charge in [-0.1, -0.05) is 32.0 Å². The lowest BCUT2D eigenvalue weighted by molar-refractivity contribution is 0.118. The summed E-state index contributed by atoms with van der Waals surface area (Å²) in [6, 6.07) is 9.95. The molecule has 1 aromatic carbocycles. The number of hydrogen-bond acceptors (Lipinski definition) is 5. The van der Waals surface area contributed by atoms with Crippen LogP contribution >= 0.6 is 0 Å². The highest BCUT2D eigenvalue weighted by Crippen LogP contribution is 2.21. The molecule has 0 fully saturated rings. The summed E-state index contributed by atoms with van der Waals surface area (Å²) >= 11 is 0. The highest BCUT2D eigenvalue weighted by Gasteiger charge is 2.10. The molecule has 0 amide bonds. The molecule has 3 aromatic rings. The Hall–Kier alpha value is -2.47. The van der Waals surface area contributed by atoms with E-state index in [9.17, 15) is 0 Å². The first kappa shape index (κ1) is 15.4. The van der Waals surface area contributed by atoms with Gasteiger partial charge in [-0.15, -0.1) is 0 Å². The molecular weight excluding hydrogens is 290 g/mol. The van der Waals surface area contributed by atoms with Crippen molar-refractivity contribution in [3.8, 4) is 5.69 Å². The number of benzene rings is 1. The van der Waals surface area contributed by atoms with Gasteiger partial charge in [0.25, 0.3) is 0 Å². The predicted molar refractivity (Wildman–Crippen MR) is 90.8 cm³/mol. The van der Waals surface area contributed by atoms with Crippen molar-refractivity contribution in [3.63, 3.8) is 0 Å². The fourth-order valence-electron chi connectivity index (χ4n) is 2.30. The largest absolute Gasteiger partial charge is 0.379 e. The lowest BCUT2D eigenvalue weighted by atomic mass is 10.2. The van der Waals surface area contributed by atoms with Gasteiger partial charge in [0, 0.05) is 13.2 Å². The summed E-state index contributed by atoms with van der Waals surface area (Å²) in [5.41, 5.74) is 1.77. The normalized spacial score (nSPS) is 11.3. The second-order valence-corrected chi connectivity index (χ2v) is 5.75. The van der Waals surface area contributed by atoms with Gasteiger partial charge in [0.1, 0.15) is 12.1 Å². The fraction of sp³-hybridized carbons (Fsp3) is 0.353. The minimum atomic E-state index is 0.546. The van der Waals surface area contributed by atoms with Crippen LogP contribution in [0.5, 0.6) is 0 Å². The first-order chi connectivity index (χ1) is 11.3. The molecule has 0 aliphatic heterocycles. The Kier molecular flexibility index (Phi) is 4.83. The van der Waals surface area contributed by atoms with Crippen molar-refractivity contribution < 1.29 is 4.74 Å². The van der Waals surface area contributed by atoms with Crippen LogP contribution in [0.2, 0.25) is 0 Å². The first-order valence-electron chi connectivity index (χ1n) is 7.81. The number of ether oxygens (including phenoxy) is 1.